The van der Waals surface area contributed by atoms with E-state index in [1.165, 1.54) is 0 Å². The molecule has 7 heteroatoms. The largest absolute Gasteiger partial charge is 0.507 e. The third-order valence-electron chi connectivity index (χ3n) is 6.25. The third kappa shape index (κ3) is 6.33. The topological polar surface area (TPSA) is 132 Å². The molecule has 0 saturated carbocycles. The predicted octanol–water partition coefficient (Wildman–Crippen LogP) is 3.84. The minimum absolute atomic E-state index is 0.0375. The number of aromatic nitrogens is 1. The second-order valence-electron chi connectivity index (χ2n) is 8.70. The number of benzene rings is 2. The zero-order valence-corrected chi connectivity index (χ0v) is 20.2. The van der Waals surface area contributed by atoms with E-state index in [0.717, 1.165) is 22.3 Å². The summed E-state index contributed by atoms with van der Waals surface area (Å²) in [5, 5.41) is 20.0. The average molecular weight is 476 g/mol. The molecule has 0 aliphatic rings. The van der Waals surface area contributed by atoms with Crippen LogP contribution in [-0.4, -0.2) is 40.9 Å². The zero-order chi connectivity index (χ0) is 25.5. The monoisotopic (exact) mass is 475 g/mol. The molecule has 3 aromatic rings. The van der Waals surface area contributed by atoms with Crippen LogP contribution in [0, 0.1) is 12.8 Å². The van der Waals surface area contributed by atoms with E-state index in [4.69, 9.17) is 16.2 Å². The first-order valence-corrected chi connectivity index (χ1v) is 11.5. The molecule has 0 saturated heterocycles. The van der Waals surface area contributed by atoms with E-state index in [1.807, 2.05) is 43.3 Å². The van der Waals surface area contributed by atoms with Gasteiger partial charge in [-0.15, -0.1) is 0 Å². The van der Waals surface area contributed by atoms with Crippen LogP contribution in [0.4, 0.5) is 0 Å². The molecule has 0 aliphatic carbocycles. The van der Waals surface area contributed by atoms with Crippen LogP contribution >= 0.6 is 0 Å². The first kappa shape index (κ1) is 26.1. The highest BCUT2D eigenvalue weighted by Crippen LogP contribution is 2.35. The standard InChI is InChI=1S/C28H33N3O4/c1-17-6-7-20(25(33)10-9-21(16-32)27(29)30)14-22(17)13-18(2)24-15-19(8-11-26(24)34)23-5-4-12-31-28(23)35-3/h4-8,11-12,14-15,21,27,32,34H,2,9-10,13,16,29-30H2,1,3H3. The fourth-order valence-corrected chi connectivity index (χ4v) is 3.99. The molecule has 1 atom stereocenters. The van der Waals surface area contributed by atoms with Gasteiger partial charge in [0.1, 0.15) is 5.75 Å². The molecule has 184 valence electrons. The van der Waals surface area contributed by atoms with Gasteiger partial charge in [0.15, 0.2) is 5.78 Å². The summed E-state index contributed by atoms with van der Waals surface area (Å²) in [6.45, 7) is 6.04. The molecule has 6 N–H and O–H groups in total. The van der Waals surface area contributed by atoms with Gasteiger partial charge in [-0.2, -0.15) is 0 Å². The summed E-state index contributed by atoms with van der Waals surface area (Å²) in [5.74, 6) is 0.261. The van der Waals surface area contributed by atoms with Crippen molar-refractivity contribution in [2.45, 2.75) is 32.4 Å². The number of aromatic hydroxyl groups is 1. The number of aliphatic hydroxyl groups excluding tert-OH is 1. The molecule has 1 unspecified atom stereocenters. The summed E-state index contributed by atoms with van der Waals surface area (Å²) in [7, 11) is 1.57. The number of nitrogens with zero attached hydrogens (tertiary/aromatic N) is 1. The highest BCUT2D eigenvalue weighted by atomic mass is 16.5. The Labute approximate surface area is 206 Å². The van der Waals surface area contributed by atoms with Gasteiger partial charge in [-0.1, -0.05) is 24.8 Å². The maximum Gasteiger partial charge on any atom is 0.221 e. The van der Waals surface area contributed by atoms with Gasteiger partial charge in [0.25, 0.3) is 0 Å². The molecule has 1 aromatic heterocycles. The Bertz CT molecular complexity index is 1210. The van der Waals surface area contributed by atoms with E-state index in [2.05, 4.69) is 11.6 Å². The summed E-state index contributed by atoms with van der Waals surface area (Å²) in [5.41, 5.74) is 16.9. The van der Waals surface area contributed by atoms with Crippen LogP contribution in [-0.2, 0) is 6.42 Å². The van der Waals surface area contributed by atoms with Crippen molar-refractivity contribution in [1.29, 1.82) is 0 Å². The first-order chi connectivity index (χ1) is 16.7. The van der Waals surface area contributed by atoms with Gasteiger partial charge < -0.3 is 26.4 Å². The van der Waals surface area contributed by atoms with Crippen LogP contribution in [0.3, 0.4) is 0 Å². The van der Waals surface area contributed by atoms with Gasteiger partial charge in [0.05, 0.1) is 13.3 Å². The van der Waals surface area contributed by atoms with Gasteiger partial charge in [-0.05, 0) is 72.4 Å². The van der Waals surface area contributed by atoms with Gasteiger partial charge >= 0.3 is 0 Å². The van der Waals surface area contributed by atoms with Crippen molar-refractivity contribution in [3.05, 3.63) is 83.6 Å². The van der Waals surface area contributed by atoms with Crippen molar-refractivity contribution in [3.63, 3.8) is 0 Å². The molecule has 0 radical (unpaired) electrons. The van der Waals surface area contributed by atoms with Crippen LogP contribution in [0.1, 0.15) is 39.9 Å². The summed E-state index contributed by atoms with van der Waals surface area (Å²) >= 11 is 0. The van der Waals surface area contributed by atoms with Crippen molar-refractivity contribution in [3.8, 4) is 22.8 Å². The summed E-state index contributed by atoms with van der Waals surface area (Å²) in [6.07, 6.45) is 2.12. The molecule has 0 bridgehead atoms. The number of nitrogens with two attached hydrogens (primary N) is 2. The number of carbonyl (C=O) groups is 1. The predicted molar refractivity (Wildman–Crippen MR) is 138 cm³/mol. The first-order valence-electron chi connectivity index (χ1n) is 11.5. The van der Waals surface area contributed by atoms with Crippen LogP contribution in [0.5, 0.6) is 11.6 Å². The lowest BCUT2D eigenvalue weighted by Gasteiger charge is -2.17. The number of aliphatic hydroxyl groups is 1. The molecule has 7 nitrogen and oxygen atoms in total. The molecule has 3 rings (SSSR count). The average Bonchev–Trinajstić information content (AvgIpc) is 2.85. The number of rotatable bonds is 11. The number of allylic oxidation sites excluding steroid dienone is 1. The van der Waals surface area contributed by atoms with E-state index in [0.29, 0.717) is 35.4 Å². The summed E-state index contributed by atoms with van der Waals surface area (Å²) in [4.78, 5) is 17.0. The number of ether oxygens (including phenoxy) is 1. The number of hydrogen-bond acceptors (Lipinski definition) is 7. The molecule has 0 spiro atoms. The number of pyridine rings is 1. The Hall–Kier alpha value is -3.52. The number of hydrogen-bond donors (Lipinski definition) is 4. The van der Waals surface area contributed by atoms with E-state index in [-0.39, 0.29) is 30.5 Å². The lowest BCUT2D eigenvalue weighted by molar-refractivity contribution is 0.0962. The fraction of sp³-hybridized carbons (Fsp3) is 0.286. The molecule has 0 fully saturated rings. The van der Waals surface area contributed by atoms with Crippen molar-refractivity contribution in [1.82, 2.24) is 4.98 Å². The number of phenolic OH excluding ortho intramolecular Hbond substituents is 1. The lowest BCUT2D eigenvalue weighted by Crippen LogP contribution is -2.40. The zero-order valence-electron chi connectivity index (χ0n) is 20.2. The van der Waals surface area contributed by atoms with E-state index < -0.39 is 6.17 Å². The molecular formula is C28H33N3O4. The smallest absolute Gasteiger partial charge is 0.221 e. The Morgan fingerprint density at radius 1 is 1.17 bits per heavy atom. The second-order valence-corrected chi connectivity index (χ2v) is 8.70. The normalized spacial score (nSPS) is 11.9. The maximum absolute atomic E-state index is 12.8. The number of ketones is 1. The number of Topliss-reactive ketones (excluding diaryl/α,β-unsaturated/α-hetero) is 1. The molecule has 1 heterocycles. The van der Waals surface area contributed by atoms with Crippen molar-refractivity contribution < 1.29 is 19.7 Å². The van der Waals surface area contributed by atoms with Crippen LogP contribution < -0.4 is 16.2 Å². The molecule has 0 aliphatic heterocycles. The molecule has 2 aromatic carbocycles. The van der Waals surface area contributed by atoms with Gasteiger partial charge in [0.2, 0.25) is 5.88 Å². The molecule has 35 heavy (non-hydrogen) atoms. The maximum atomic E-state index is 12.8. The highest BCUT2D eigenvalue weighted by molar-refractivity contribution is 5.96. The van der Waals surface area contributed by atoms with E-state index >= 15 is 0 Å². The fourth-order valence-electron chi connectivity index (χ4n) is 3.99. The van der Waals surface area contributed by atoms with Crippen molar-refractivity contribution >= 4 is 11.4 Å². The second kappa shape index (κ2) is 11.8. The lowest BCUT2D eigenvalue weighted by atomic mass is 9.91. The molecule has 0 amide bonds. The Kier molecular flexibility index (Phi) is 8.76. The minimum Gasteiger partial charge on any atom is -0.507 e. The van der Waals surface area contributed by atoms with E-state index in [1.54, 1.807) is 25.4 Å². The number of carbonyl (C=O) groups excluding carboxylic acids is 1. The number of methoxy groups -OCH3 is 1. The van der Waals surface area contributed by atoms with Crippen molar-refractivity contribution in [2.75, 3.05) is 13.7 Å². The number of aryl methyl sites for hydroxylation is 1. The summed E-state index contributed by atoms with van der Waals surface area (Å²) < 4.78 is 5.38. The summed E-state index contributed by atoms with van der Waals surface area (Å²) in [6, 6.07) is 14.6. The van der Waals surface area contributed by atoms with Crippen LogP contribution in [0.25, 0.3) is 16.7 Å². The van der Waals surface area contributed by atoms with E-state index in [9.17, 15) is 15.0 Å². The third-order valence-corrected chi connectivity index (χ3v) is 6.25. The quantitative estimate of drug-likeness (QED) is 0.245. The van der Waals surface area contributed by atoms with Gasteiger partial charge in [0, 0.05) is 41.8 Å². The van der Waals surface area contributed by atoms with Crippen LogP contribution in [0.15, 0.2) is 61.3 Å². The minimum atomic E-state index is -0.667. The highest BCUT2D eigenvalue weighted by Gasteiger charge is 2.17. The Balaban J connectivity index is 1.82. The Morgan fingerprint density at radius 3 is 2.63 bits per heavy atom. The van der Waals surface area contributed by atoms with Gasteiger partial charge in [-0.3, -0.25) is 4.79 Å². The number of phenols is 1. The van der Waals surface area contributed by atoms with Crippen molar-refractivity contribution in [2.24, 2.45) is 17.4 Å². The molecular weight excluding hydrogens is 442 g/mol. The SMILES string of the molecule is C=C(Cc1cc(C(=O)CCC(CO)C(N)N)ccc1C)c1cc(-c2cccnc2OC)ccc1O. The van der Waals surface area contributed by atoms with Crippen LogP contribution in [0.2, 0.25) is 0 Å². The Morgan fingerprint density at radius 2 is 1.94 bits per heavy atom. The van der Waals surface area contributed by atoms with Gasteiger partial charge in [-0.25, -0.2) is 4.98 Å².